The number of rotatable bonds is 3. The van der Waals surface area contributed by atoms with E-state index in [1.807, 2.05) is 28.4 Å². The smallest absolute Gasteiger partial charge is 0.253 e. The first-order chi connectivity index (χ1) is 14.2. The fraction of sp³-hybridized carbons (Fsp3) is 0.391. The normalized spacial score (nSPS) is 19.4. The van der Waals surface area contributed by atoms with Gasteiger partial charge in [-0.05, 0) is 43.2 Å². The molecule has 3 heterocycles. The third-order valence-corrected chi connectivity index (χ3v) is 7.68. The summed E-state index contributed by atoms with van der Waals surface area (Å²) < 4.78 is 0. The first kappa shape index (κ1) is 18.9. The van der Waals surface area contributed by atoms with E-state index in [-0.39, 0.29) is 5.91 Å². The van der Waals surface area contributed by atoms with Crippen molar-refractivity contribution in [2.45, 2.75) is 31.6 Å². The average molecular weight is 426 g/mol. The molecular formula is C23H24ClN3OS. The van der Waals surface area contributed by atoms with Gasteiger partial charge in [-0.1, -0.05) is 23.7 Å². The molecule has 2 aromatic rings. The van der Waals surface area contributed by atoms with Crippen LogP contribution in [0.2, 0.25) is 5.02 Å². The molecule has 1 aromatic heterocycles. The maximum Gasteiger partial charge on any atom is 0.253 e. The molecule has 0 radical (unpaired) electrons. The zero-order valence-electron chi connectivity index (χ0n) is 16.3. The molecule has 0 saturated carbocycles. The Morgan fingerprint density at radius 1 is 1.14 bits per heavy atom. The van der Waals surface area contributed by atoms with Gasteiger partial charge in [-0.15, -0.1) is 11.3 Å². The summed E-state index contributed by atoms with van der Waals surface area (Å²) in [4.78, 5) is 23.7. The van der Waals surface area contributed by atoms with Crippen LogP contribution in [0.3, 0.4) is 0 Å². The summed E-state index contributed by atoms with van der Waals surface area (Å²) in [6, 6.07) is 7.24. The van der Waals surface area contributed by atoms with Gasteiger partial charge in [0.2, 0.25) is 0 Å². The SMILES string of the molecule is O=C(c1cccc(Cl)c1)N1CCC(c2nc3c(s2)CCN(C2=CC=C2)CC3)CC1. The number of allylic oxidation sites excluding steroid dienone is 3. The summed E-state index contributed by atoms with van der Waals surface area (Å²) in [5.41, 5.74) is 3.34. The number of nitrogens with zero attached hydrogens (tertiary/aromatic N) is 3. The van der Waals surface area contributed by atoms with Crippen molar-refractivity contribution in [3.05, 3.63) is 74.4 Å². The Labute approximate surface area is 180 Å². The van der Waals surface area contributed by atoms with E-state index in [0.717, 1.165) is 51.9 Å². The molecule has 5 rings (SSSR count). The van der Waals surface area contributed by atoms with Crippen LogP contribution >= 0.6 is 22.9 Å². The summed E-state index contributed by atoms with van der Waals surface area (Å²) in [5.74, 6) is 0.559. The highest BCUT2D eigenvalue weighted by Crippen LogP contribution is 2.35. The number of halogens is 1. The van der Waals surface area contributed by atoms with Crippen molar-refractivity contribution in [3.8, 4) is 0 Å². The van der Waals surface area contributed by atoms with Gasteiger partial charge in [0.05, 0.1) is 10.7 Å². The Balaban J connectivity index is 1.20. The lowest BCUT2D eigenvalue weighted by Gasteiger charge is -2.31. The number of piperidine rings is 1. The van der Waals surface area contributed by atoms with Crippen LogP contribution in [-0.4, -0.2) is 46.9 Å². The Kier molecular flexibility index (Phi) is 5.18. The van der Waals surface area contributed by atoms with E-state index in [1.165, 1.54) is 21.3 Å². The second-order valence-electron chi connectivity index (χ2n) is 7.94. The van der Waals surface area contributed by atoms with E-state index >= 15 is 0 Å². The number of carbonyl (C=O) groups is 1. The number of hydrogen-bond donors (Lipinski definition) is 0. The molecular weight excluding hydrogens is 402 g/mol. The van der Waals surface area contributed by atoms with Crippen LogP contribution in [0.1, 0.15) is 44.7 Å². The molecule has 0 N–H and O–H groups in total. The van der Waals surface area contributed by atoms with Crippen molar-refractivity contribution in [1.29, 1.82) is 0 Å². The van der Waals surface area contributed by atoms with Crippen molar-refractivity contribution in [2.75, 3.05) is 26.2 Å². The van der Waals surface area contributed by atoms with E-state index < -0.39 is 0 Å². The Morgan fingerprint density at radius 2 is 1.93 bits per heavy atom. The molecule has 6 heteroatoms. The number of hydrogen-bond acceptors (Lipinski definition) is 4. The topological polar surface area (TPSA) is 36.4 Å². The molecule has 2 aliphatic heterocycles. The Hall–Kier alpha value is -2.11. The molecule has 1 aliphatic carbocycles. The lowest BCUT2D eigenvalue weighted by molar-refractivity contribution is 0.0713. The van der Waals surface area contributed by atoms with Gasteiger partial charge >= 0.3 is 0 Å². The fourth-order valence-corrected chi connectivity index (χ4v) is 5.80. The minimum atomic E-state index is 0.0836. The molecule has 1 fully saturated rings. The van der Waals surface area contributed by atoms with E-state index in [9.17, 15) is 4.79 Å². The van der Waals surface area contributed by atoms with Gasteiger partial charge in [-0.3, -0.25) is 4.79 Å². The van der Waals surface area contributed by atoms with Gasteiger partial charge < -0.3 is 9.80 Å². The minimum Gasteiger partial charge on any atom is -0.371 e. The lowest BCUT2D eigenvalue weighted by atomic mass is 9.97. The first-order valence-electron chi connectivity index (χ1n) is 10.3. The van der Waals surface area contributed by atoms with Crippen LogP contribution in [0.25, 0.3) is 0 Å². The average Bonchev–Trinajstić information content (AvgIpc) is 3.02. The van der Waals surface area contributed by atoms with Crippen LogP contribution in [0.15, 0.2) is 48.2 Å². The zero-order valence-corrected chi connectivity index (χ0v) is 17.9. The summed E-state index contributed by atoms with van der Waals surface area (Å²) in [7, 11) is 0. The summed E-state index contributed by atoms with van der Waals surface area (Å²) in [5, 5.41) is 1.89. The van der Waals surface area contributed by atoms with Gasteiger partial charge in [-0.2, -0.15) is 0 Å². The standard InChI is InChI=1S/C23H24ClN3OS/c24-18-4-1-3-17(15-18)23(28)27-11-7-16(8-12-27)22-25-20-9-13-26(19-5-2-6-19)14-10-21(20)29-22/h1-6,15-16H,7-14H2. The molecule has 1 saturated heterocycles. The molecule has 1 aromatic carbocycles. The third-order valence-electron chi connectivity index (χ3n) is 6.12. The van der Waals surface area contributed by atoms with E-state index in [4.69, 9.17) is 16.6 Å². The Morgan fingerprint density at radius 3 is 2.66 bits per heavy atom. The summed E-state index contributed by atoms with van der Waals surface area (Å²) in [6.07, 6.45) is 10.6. The predicted molar refractivity (Wildman–Crippen MR) is 118 cm³/mol. The number of carbonyl (C=O) groups excluding carboxylic acids is 1. The fourth-order valence-electron chi connectivity index (χ4n) is 4.34. The summed E-state index contributed by atoms with van der Waals surface area (Å²) in [6.45, 7) is 3.71. The van der Waals surface area contributed by atoms with Crippen molar-refractivity contribution in [1.82, 2.24) is 14.8 Å². The monoisotopic (exact) mass is 425 g/mol. The van der Waals surface area contributed by atoms with E-state index in [1.54, 1.807) is 12.1 Å². The van der Waals surface area contributed by atoms with Crippen molar-refractivity contribution in [3.63, 3.8) is 0 Å². The molecule has 150 valence electrons. The molecule has 29 heavy (non-hydrogen) atoms. The predicted octanol–water partition coefficient (Wildman–Crippen LogP) is 4.67. The molecule has 0 unspecified atom stereocenters. The van der Waals surface area contributed by atoms with Gasteiger partial charge in [-0.25, -0.2) is 4.98 Å². The molecule has 3 aliphatic rings. The second kappa shape index (κ2) is 7.96. The Bertz CT molecular complexity index is 962. The van der Waals surface area contributed by atoms with Gasteiger partial charge in [0, 0.05) is 66.1 Å². The highest BCUT2D eigenvalue weighted by atomic mass is 35.5. The molecule has 4 nitrogen and oxygen atoms in total. The van der Waals surface area contributed by atoms with Crippen LogP contribution in [-0.2, 0) is 12.8 Å². The van der Waals surface area contributed by atoms with E-state index in [0.29, 0.717) is 16.5 Å². The first-order valence-corrected chi connectivity index (χ1v) is 11.5. The number of benzene rings is 1. The number of amides is 1. The molecule has 0 atom stereocenters. The minimum absolute atomic E-state index is 0.0836. The zero-order chi connectivity index (χ0) is 19.8. The quantitative estimate of drug-likeness (QED) is 0.716. The van der Waals surface area contributed by atoms with Crippen molar-refractivity contribution in [2.24, 2.45) is 0 Å². The number of aromatic nitrogens is 1. The number of thiazole rings is 1. The van der Waals surface area contributed by atoms with Crippen LogP contribution in [0.4, 0.5) is 0 Å². The van der Waals surface area contributed by atoms with Crippen molar-refractivity contribution >= 4 is 28.8 Å². The molecule has 0 spiro atoms. The molecule has 1 amide bonds. The van der Waals surface area contributed by atoms with Crippen LogP contribution < -0.4 is 0 Å². The van der Waals surface area contributed by atoms with Crippen LogP contribution in [0.5, 0.6) is 0 Å². The maximum atomic E-state index is 12.7. The largest absolute Gasteiger partial charge is 0.371 e. The molecule has 0 bridgehead atoms. The maximum absolute atomic E-state index is 12.7. The number of likely N-dealkylation sites (tertiary alicyclic amines) is 1. The van der Waals surface area contributed by atoms with Crippen molar-refractivity contribution < 1.29 is 4.79 Å². The van der Waals surface area contributed by atoms with Gasteiger partial charge in [0.25, 0.3) is 5.91 Å². The lowest BCUT2D eigenvalue weighted by Crippen LogP contribution is -2.37. The second-order valence-corrected chi connectivity index (χ2v) is 9.49. The van der Waals surface area contributed by atoms with Crippen LogP contribution in [0, 0.1) is 0 Å². The highest BCUT2D eigenvalue weighted by Gasteiger charge is 2.28. The summed E-state index contributed by atoms with van der Waals surface area (Å²) >= 11 is 7.95. The highest BCUT2D eigenvalue weighted by molar-refractivity contribution is 7.11. The van der Waals surface area contributed by atoms with Gasteiger partial charge in [0.15, 0.2) is 0 Å². The third kappa shape index (κ3) is 3.86. The van der Waals surface area contributed by atoms with Gasteiger partial charge in [0.1, 0.15) is 0 Å². The van der Waals surface area contributed by atoms with E-state index in [2.05, 4.69) is 23.1 Å². The number of fused-ring (bicyclic) bond motifs is 1.